The summed E-state index contributed by atoms with van der Waals surface area (Å²) in [6, 6.07) is 13.3. The van der Waals surface area contributed by atoms with E-state index in [-0.39, 0.29) is 24.4 Å². The van der Waals surface area contributed by atoms with E-state index in [9.17, 15) is 9.50 Å². The number of anilines is 3. The fourth-order valence-electron chi connectivity index (χ4n) is 2.52. The number of benzene rings is 1. The van der Waals surface area contributed by atoms with Gasteiger partial charge in [0.1, 0.15) is 11.6 Å². The SMILES string of the molecule is CC(C)[C@@H](CO)Nc1nc(Nc2cccc(F)c2)cc(-c2ccccn2)n1. The minimum absolute atomic E-state index is 0.0402. The molecule has 27 heavy (non-hydrogen) atoms. The highest BCUT2D eigenvalue weighted by molar-refractivity contribution is 5.65. The molecule has 0 radical (unpaired) electrons. The van der Waals surface area contributed by atoms with Crippen LogP contribution in [0.3, 0.4) is 0 Å². The number of pyridine rings is 1. The smallest absolute Gasteiger partial charge is 0.225 e. The second-order valence-electron chi connectivity index (χ2n) is 6.49. The normalized spacial score (nSPS) is 12.0. The van der Waals surface area contributed by atoms with Gasteiger partial charge < -0.3 is 15.7 Å². The summed E-state index contributed by atoms with van der Waals surface area (Å²) >= 11 is 0. The Bertz CT molecular complexity index is 889. The highest BCUT2D eigenvalue weighted by Crippen LogP contribution is 2.23. The molecule has 0 aliphatic heterocycles. The lowest BCUT2D eigenvalue weighted by atomic mass is 10.1. The topological polar surface area (TPSA) is 83.0 Å². The maximum atomic E-state index is 13.5. The first kappa shape index (κ1) is 18.7. The molecule has 7 heteroatoms. The van der Waals surface area contributed by atoms with E-state index in [4.69, 9.17) is 0 Å². The molecule has 6 nitrogen and oxygen atoms in total. The van der Waals surface area contributed by atoms with Crippen molar-refractivity contribution in [1.29, 1.82) is 0 Å². The highest BCUT2D eigenvalue weighted by atomic mass is 19.1. The largest absolute Gasteiger partial charge is 0.394 e. The van der Waals surface area contributed by atoms with Crippen LogP contribution in [0, 0.1) is 11.7 Å². The Hall–Kier alpha value is -3.06. The van der Waals surface area contributed by atoms with E-state index in [1.807, 2.05) is 32.0 Å². The second kappa shape index (κ2) is 8.55. The van der Waals surface area contributed by atoms with Gasteiger partial charge in [0.05, 0.1) is 24.0 Å². The Labute approximate surface area is 157 Å². The number of aliphatic hydroxyl groups excluding tert-OH is 1. The van der Waals surface area contributed by atoms with Gasteiger partial charge in [0.15, 0.2) is 0 Å². The van der Waals surface area contributed by atoms with E-state index in [1.165, 1.54) is 12.1 Å². The summed E-state index contributed by atoms with van der Waals surface area (Å²) in [6.45, 7) is 3.96. The molecule has 3 aromatic rings. The Morgan fingerprint density at radius 3 is 2.56 bits per heavy atom. The molecular formula is C20H22FN5O. The minimum atomic E-state index is -0.336. The molecule has 0 unspecified atom stereocenters. The van der Waals surface area contributed by atoms with Crippen LogP contribution in [0.5, 0.6) is 0 Å². The predicted molar refractivity (Wildman–Crippen MR) is 104 cm³/mol. The molecule has 1 atom stereocenters. The number of halogens is 1. The zero-order chi connectivity index (χ0) is 19.2. The van der Waals surface area contributed by atoms with Crippen LogP contribution in [0.15, 0.2) is 54.7 Å². The lowest BCUT2D eigenvalue weighted by molar-refractivity contribution is 0.248. The van der Waals surface area contributed by atoms with E-state index in [0.29, 0.717) is 28.8 Å². The molecule has 140 valence electrons. The minimum Gasteiger partial charge on any atom is -0.394 e. The van der Waals surface area contributed by atoms with E-state index in [1.54, 1.807) is 24.4 Å². The quantitative estimate of drug-likeness (QED) is 0.588. The van der Waals surface area contributed by atoms with Crippen molar-refractivity contribution in [2.75, 3.05) is 17.2 Å². The van der Waals surface area contributed by atoms with Crippen molar-refractivity contribution in [3.05, 3.63) is 60.5 Å². The van der Waals surface area contributed by atoms with Crippen molar-refractivity contribution in [2.45, 2.75) is 19.9 Å². The second-order valence-corrected chi connectivity index (χ2v) is 6.49. The van der Waals surface area contributed by atoms with Crippen molar-refractivity contribution in [3.63, 3.8) is 0 Å². The third kappa shape index (κ3) is 4.98. The van der Waals surface area contributed by atoms with Crippen molar-refractivity contribution < 1.29 is 9.50 Å². The molecular weight excluding hydrogens is 345 g/mol. The highest BCUT2D eigenvalue weighted by Gasteiger charge is 2.15. The molecule has 3 rings (SSSR count). The lowest BCUT2D eigenvalue weighted by Gasteiger charge is -2.20. The summed E-state index contributed by atoms with van der Waals surface area (Å²) in [4.78, 5) is 13.3. The Morgan fingerprint density at radius 2 is 1.89 bits per heavy atom. The molecule has 3 N–H and O–H groups in total. The first-order chi connectivity index (χ1) is 13.0. The van der Waals surface area contributed by atoms with Crippen molar-refractivity contribution in [1.82, 2.24) is 15.0 Å². The summed E-state index contributed by atoms with van der Waals surface area (Å²) in [7, 11) is 0. The monoisotopic (exact) mass is 367 g/mol. The Kier molecular flexibility index (Phi) is 5.93. The maximum Gasteiger partial charge on any atom is 0.225 e. The summed E-state index contributed by atoms with van der Waals surface area (Å²) < 4.78 is 13.5. The zero-order valence-electron chi connectivity index (χ0n) is 15.2. The molecule has 0 aliphatic carbocycles. The number of nitrogens with one attached hydrogen (secondary N) is 2. The van der Waals surface area contributed by atoms with Gasteiger partial charge >= 0.3 is 0 Å². The van der Waals surface area contributed by atoms with Crippen molar-refractivity contribution >= 4 is 17.5 Å². The summed E-state index contributed by atoms with van der Waals surface area (Å²) in [5, 5.41) is 15.8. The van der Waals surface area contributed by atoms with Crippen LogP contribution in [0.4, 0.5) is 21.8 Å². The molecule has 0 amide bonds. The van der Waals surface area contributed by atoms with E-state index in [2.05, 4.69) is 25.6 Å². The number of aliphatic hydroxyl groups is 1. The molecule has 1 aromatic carbocycles. The van der Waals surface area contributed by atoms with Gasteiger partial charge in [-0.15, -0.1) is 0 Å². The van der Waals surface area contributed by atoms with Gasteiger partial charge in [-0.1, -0.05) is 26.0 Å². The van der Waals surface area contributed by atoms with Gasteiger partial charge in [0.2, 0.25) is 5.95 Å². The predicted octanol–water partition coefficient (Wildman–Crippen LogP) is 3.85. The molecule has 0 spiro atoms. The third-order valence-corrected chi connectivity index (χ3v) is 4.07. The zero-order valence-corrected chi connectivity index (χ0v) is 15.2. The molecule has 2 aromatic heterocycles. The standard InChI is InChI=1S/C20H22FN5O/c1-13(2)18(12-27)25-20-24-17(16-8-3-4-9-22-16)11-19(26-20)23-15-7-5-6-14(21)10-15/h3-11,13,18,27H,12H2,1-2H3,(H2,23,24,25,26)/t18-/m1/s1. The molecule has 0 saturated carbocycles. The van der Waals surface area contributed by atoms with Crippen LogP contribution in [0.25, 0.3) is 11.4 Å². The lowest BCUT2D eigenvalue weighted by Crippen LogP contribution is -2.30. The number of aromatic nitrogens is 3. The first-order valence-electron chi connectivity index (χ1n) is 8.75. The Balaban J connectivity index is 1.97. The molecule has 2 heterocycles. The van der Waals surface area contributed by atoms with Crippen LogP contribution in [-0.2, 0) is 0 Å². The number of hydrogen-bond acceptors (Lipinski definition) is 6. The average Bonchev–Trinajstić information content (AvgIpc) is 2.66. The first-order valence-corrected chi connectivity index (χ1v) is 8.75. The van der Waals surface area contributed by atoms with Crippen LogP contribution in [0.2, 0.25) is 0 Å². The summed E-state index contributed by atoms with van der Waals surface area (Å²) in [5.41, 5.74) is 1.89. The van der Waals surface area contributed by atoms with Crippen LogP contribution in [0.1, 0.15) is 13.8 Å². The van der Waals surface area contributed by atoms with Gasteiger partial charge in [-0.3, -0.25) is 4.98 Å². The molecule has 0 fully saturated rings. The summed E-state index contributed by atoms with van der Waals surface area (Å²) in [6.07, 6.45) is 1.69. The number of nitrogens with zero attached hydrogens (tertiary/aromatic N) is 3. The van der Waals surface area contributed by atoms with Crippen molar-refractivity contribution in [3.8, 4) is 11.4 Å². The molecule has 0 bridgehead atoms. The molecule has 0 saturated heterocycles. The maximum absolute atomic E-state index is 13.5. The van der Waals surface area contributed by atoms with E-state index >= 15 is 0 Å². The van der Waals surface area contributed by atoms with Gasteiger partial charge in [-0.2, -0.15) is 4.98 Å². The fraction of sp³-hybridized carbons (Fsp3) is 0.250. The number of rotatable bonds is 7. The van der Waals surface area contributed by atoms with Gasteiger partial charge in [-0.25, -0.2) is 9.37 Å². The van der Waals surface area contributed by atoms with Gasteiger partial charge in [0, 0.05) is 18.0 Å². The Morgan fingerprint density at radius 1 is 1.04 bits per heavy atom. The van der Waals surface area contributed by atoms with E-state index in [0.717, 1.165) is 0 Å². The summed E-state index contributed by atoms with van der Waals surface area (Å²) in [5.74, 6) is 0.721. The van der Waals surface area contributed by atoms with Crippen LogP contribution < -0.4 is 10.6 Å². The average molecular weight is 367 g/mol. The van der Waals surface area contributed by atoms with Crippen LogP contribution in [-0.4, -0.2) is 32.7 Å². The molecule has 0 aliphatic rings. The number of hydrogen-bond donors (Lipinski definition) is 3. The van der Waals surface area contributed by atoms with Gasteiger partial charge in [0.25, 0.3) is 0 Å². The van der Waals surface area contributed by atoms with E-state index < -0.39 is 0 Å². The van der Waals surface area contributed by atoms with Crippen LogP contribution >= 0.6 is 0 Å². The fourth-order valence-corrected chi connectivity index (χ4v) is 2.52. The van der Waals surface area contributed by atoms with Gasteiger partial charge in [-0.05, 0) is 36.2 Å². The third-order valence-electron chi connectivity index (χ3n) is 4.07. The van der Waals surface area contributed by atoms with Crippen molar-refractivity contribution in [2.24, 2.45) is 5.92 Å².